The summed E-state index contributed by atoms with van der Waals surface area (Å²) in [7, 11) is -3.33. The maximum Gasteiger partial charge on any atom is 0.255 e. The minimum atomic E-state index is -3.33. The molecule has 0 aromatic heterocycles. The second-order valence-corrected chi connectivity index (χ2v) is 8.15. The standard InChI is InChI=1S/C17H17ClN2O3S/c1-12-3-5-13(6-4-12)17(21)19-14-7-8-15(18)16(11-14)20-9-2-10-24(20,22)23/h3-8,11H,2,9-10H2,1H3,(H,19,21). The number of benzene rings is 2. The number of aryl methyl sites for hydroxylation is 1. The van der Waals surface area contributed by atoms with Crippen LogP contribution in [0.25, 0.3) is 0 Å². The lowest BCUT2D eigenvalue weighted by Crippen LogP contribution is -2.25. The van der Waals surface area contributed by atoms with E-state index in [2.05, 4.69) is 5.32 Å². The summed E-state index contributed by atoms with van der Waals surface area (Å²) in [6.07, 6.45) is 0.568. The van der Waals surface area contributed by atoms with Gasteiger partial charge in [-0.05, 0) is 43.7 Å². The molecule has 3 rings (SSSR count). The van der Waals surface area contributed by atoms with Crippen LogP contribution in [0.1, 0.15) is 22.3 Å². The summed E-state index contributed by atoms with van der Waals surface area (Å²) in [4.78, 5) is 12.3. The largest absolute Gasteiger partial charge is 0.322 e. The summed E-state index contributed by atoms with van der Waals surface area (Å²) in [6, 6.07) is 12.0. The number of nitrogens with zero attached hydrogens (tertiary/aromatic N) is 1. The van der Waals surface area contributed by atoms with Crippen LogP contribution >= 0.6 is 11.6 Å². The van der Waals surface area contributed by atoms with Crippen LogP contribution in [0.5, 0.6) is 0 Å². The van der Waals surface area contributed by atoms with Crippen molar-refractivity contribution in [2.24, 2.45) is 0 Å². The average Bonchev–Trinajstić information content (AvgIpc) is 2.89. The number of halogens is 1. The Bertz CT molecular complexity index is 879. The van der Waals surface area contributed by atoms with Crippen molar-refractivity contribution in [1.82, 2.24) is 0 Å². The van der Waals surface area contributed by atoms with Crippen molar-refractivity contribution < 1.29 is 13.2 Å². The van der Waals surface area contributed by atoms with Crippen LogP contribution in [0, 0.1) is 6.92 Å². The first-order valence-corrected chi connectivity index (χ1v) is 9.53. The highest BCUT2D eigenvalue weighted by atomic mass is 35.5. The molecule has 1 amide bonds. The highest BCUT2D eigenvalue weighted by molar-refractivity contribution is 7.93. The molecule has 0 aliphatic carbocycles. The molecule has 24 heavy (non-hydrogen) atoms. The van der Waals surface area contributed by atoms with Gasteiger partial charge in [-0.1, -0.05) is 29.3 Å². The highest BCUT2D eigenvalue weighted by Gasteiger charge is 2.30. The molecular weight excluding hydrogens is 348 g/mol. The number of hydrogen-bond acceptors (Lipinski definition) is 3. The molecule has 1 heterocycles. The van der Waals surface area contributed by atoms with Crippen molar-refractivity contribution >= 4 is 38.9 Å². The van der Waals surface area contributed by atoms with Gasteiger partial charge in [0.1, 0.15) is 0 Å². The van der Waals surface area contributed by atoms with Crippen LogP contribution in [0.3, 0.4) is 0 Å². The molecule has 0 spiro atoms. The molecule has 0 bridgehead atoms. The Morgan fingerprint density at radius 3 is 2.50 bits per heavy atom. The lowest BCUT2D eigenvalue weighted by Gasteiger charge is -2.19. The Labute approximate surface area is 146 Å². The van der Waals surface area contributed by atoms with E-state index in [1.54, 1.807) is 30.3 Å². The first-order chi connectivity index (χ1) is 11.4. The normalized spacial score (nSPS) is 16.2. The Morgan fingerprint density at radius 2 is 1.88 bits per heavy atom. The van der Waals surface area contributed by atoms with Crippen LogP contribution in [0.4, 0.5) is 11.4 Å². The van der Waals surface area contributed by atoms with Gasteiger partial charge >= 0.3 is 0 Å². The monoisotopic (exact) mass is 364 g/mol. The highest BCUT2D eigenvalue weighted by Crippen LogP contribution is 2.33. The lowest BCUT2D eigenvalue weighted by atomic mass is 10.1. The Kier molecular flexibility index (Phi) is 4.51. The van der Waals surface area contributed by atoms with Crippen LogP contribution in [0.15, 0.2) is 42.5 Å². The number of anilines is 2. The molecule has 1 fully saturated rings. The number of nitrogens with one attached hydrogen (secondary N) is 1. The maximum absolute atomic E-state index is 12.3. The maximum atomic E-state index is 12.3. The Hall–Kier alpha value is -2.05. The van der Waals surface area contributed by atoms with E-state index >= 15 is 0 Å². The third kappa shape index (κ3) is 3.39. The summed E-state index contributed by atoms with van der Waals surface area (Å²) in [5, 5.41) is 3.12. The Balaban J connectivity index is 1.86. The summed E-state index contributed by atoms with van der Waals surface area (Å²) in [6.45, 7) is 2.35. The van der Waals surface area contributed by atoms with Gasteiger partial charge in [0.2, 0.25) is 10.0 Å². The fraction of sp³-hybridized carbons (Fsp3) is 0.235. The van der Waals surface area contributed by atoms with Crippen molar-refractivity contribution in [2.45, 2.75) is 13.3 Å². The number of carbonyl (C=O) groups is 1. The third-order valence-corrected chi connectivity index (χ3v) is 6.06. The van der Waals surface area contributed by atoms with E-state index in [0.717, 1.165) is 5.56 Å². The van der Waals surface area contributed by atoms with E-state index in [4.69, 9.17) is 11.6 Å². The molecular formula is C17H17ClN2O3S. The SMILES string of the molecule is Cc1ccc(C(=O)Nc2ccc(Cl)c(N3CCCS3(=O)=O)c2)cc1. The van der Waals surface area contributed by atoms with E-state index in [1.165, 1.54) is 4.31 Å². The summed E-state index contributed by atoms with van der Waals surface area (Å²) in [5.41, 5.74) is 2.50. The number of amides is 1. The number of sulfonamides is 1. The van der Waals surface area contributed by atoms with Gasteiger partial charge in [-0.25, -0.2) is 8.42 Å². The van der Waals surface area contributed by atoms with Crippen molar-refractivity contribution in [1.29, 1.82) is 0 Å². The fourth-order valence-corrected chi connectivity index (χ4v) is 4.44. The van der Waals surface area contributed by atoms with Gasteiger partial charge in [-0.15, -0.1) is 0 Å². The van der Waals surface area contributed by atoms with Crippen molar-refractivity contribution in [2.75, 3.05) is 21.9 Å². The second kappa shape index (κ2) is 6.45. The molecule has 0 atom stereocenters. The fourth-order valence-electron chi connectivity index (χ4n) is 2.60. The molecule has 5 nitrogen and oxygen atoms in total. The first-order valence-electron chi connectivity index (χ1n) is 7.55. The summed E-state index contributed by atoms with van der Waals surface area (Å²) in [5.74, 6) is -0.143. The predicted octanol–water partition coefficient (Wildman–Crippen LogP) is 3.44. The van der Waals surface area contributed by atoms with Gasteiger partial charge in [-0.2, -0.15) is 0 Å². The van der Waals surface area contributed by atoms with Crippen LogP contribution < -0.4 is 9.62 Å². The number of hydrogen-bond donors (Lipinski definition) is 1. The quantitative estimate of drug-likeness (QED) is 0.907. The van der Waals surface area contributed by atoms with Gasteiger partial charge in [-0.3, -0.25) is 9.10 Å². The van der Waals surface area contributed by atoms with Crippen LogP contribution in [0.2, 0.25) is 5.02 Å². The molecule has 126 valence electrons. The second-order valence-electron chi connectivity index (χ2n) is 5.73. The third-order valence-electron chi connectivity index (χ3n) is 3.89. The van der Waals surface area contributed by atoms with Gasteiger partial charge in [0, 0.05) is 17.8 Å². The minimum absolute atomic E-state index is 0.114. The predicted molar refractivity (Wildman–Crippen MR) is 96.3 cm³/mol. The first kappa shape index (κ1) is 16.8. The zero-order valence-electron chi connectivity index (χ0n) is 13.1. The molecule has 1 aliphatic heterocycles. The van der Waals surface area contributed by atoms with Gasteiger partial charge < -0.3 is 5.32 Å². The molecule has 2 aromatic rings. The number of rotatable bonds is 3. The summed E-state index contributed by atoms with van der Waals surface area (Å²) >= 11 is 6.16. The van der Waals surface area contributed by atoms with Crippen molar-refractivity contribution in [3.8, 4) is 0 Å². The van der Waals surface area contributed by atoms with Gasteiger partial charge in [0.25, 0.3) is 5.91 Å². The average molecular weight is 365 g/mol. The van der Waals surface area contributed by atoms with E-state index < -0.39 is 10.0 Å². The molecule has 0 saturated carbocycles. The zero-order chi connectivity index (χ0) is 17.3. The molecule has 0 radical (unpaired) electrons. The topological polar surface area (TPSA) is 66.5 Å². The molecule has 2 aromatic carbocycles. The van der Waals surface area contributed by atoms with E-state index in [-0.39, 0.29) is 11.7 Å². The molecule has 0 unspecified atom stereocenters. The smallest absolute Gasteiger partial charge is 0.255 e. The lowest BCUT2D eigenvalue weighted by molar-refractivity contribution is 0.102. The number of carbonyl (C=O) groups excluding carboxylic acids is 1. The molecule has 7 heteroatoms. The molecule has 1 N–H and O–H groups in total. The van der Waals surface area contributed by atoms with E-state index in [1.807, 2.05) is 19.1 Å². The molecule has 1 saturated heterocycles. The van der Waals surface area contributed by atoms with Gasteiger partial charge in [0.15, 0.2) is 0 Å². The van der Waals surface area contributed by atoms with Gasteiger partial charge in [0.05, 0.1) is 16.5 Å². The summed E-state index contributed by atoms with van der Waals surface area (Å²) < 4.78 is 25.5. The van der Waals surface area contributed by atoms with E-state index in [0.29, 0.717) is 34.9 Å². The Morgan fingerprint density at radius 1 is 1.17 bits per heavy atom. The van der Waals surface area contributed by atoms with E-state index in [9.17, 15) is 13.2 Å². The van der Waals surface area contributed by atoms with Crippen molar-refractivity contribution in [3.05, 3.63) is 58.6 Å². The zero-order valence-corrected chi connectivity index (χ0v) is 14.7. The van der Waals surface area contributed by atoms with Crippen LogP contribution in [-0.2, 0) is 10.0 Å². The minimum Gasteiger partial charge on any atom is -0.322 e. The molecule has 1 aliphatic rings. The van der Waals surface area contributed by atoms with Crippen LogP contribution in [-0.4, -0.2) is 26.6 Å². The van der Waals surface area contributed by atoms with Crippen molar-refractivity contribution in [3.63, 3.8) is 0 Å².